The van der Waals surface area contributed by atoms with Crippen LogP contribution in [-0.4, -0.2) is 22.4 Å². The number of hydrogen-bond donors (Lipinski definition) is 3. The standard InChI is InChI=1S/C24H24N4O/c1-2-17-7-9-20(10-8-17)28-24(29)18-11-13-25-23(15-18)26-14-12-19-16-27-22-6-4-3-5-21(19)22/h3-11,13,15-16,27H,2,12,14H2,1H3,(H,25,26)(H,28,29). The average Bonchev–Trinajstić information content (AvgIpc) is 3.18. The Morgan fingerprint density at radius 3 is 2.72 bits per heavy atom. The smallest absolute Gasteiger partial charge is 0.255 e. The molecule has 0 aliphatic heterocycles. The number of amides is 1. The second-order valence-corrected chi connectivity index (χ2v) is 6.97. The van der Waals surface area contributed by atoms with Gasteiger partial charge in [-0.15, -0.1) is 0 Å². The summed E-state index contributed by atoms with van der Waals surface area (Å²) in [6, 6.07) is 19.7. The van der Waals surface area contributed by atoms with Gasteiger partial charge in [0.2, 0.25) is 0 Å². The highest BCUT2D eigenvalue weighted by atomic mass is 16.1. The number of hydrogen-bond acceptors (Lipinski definition) is 3. The van der Waals surface area contributed by atoms with Crippen LogP contribution in [0.25, 0.3) is 10.9 Å². The van der Waals surface area contributed by atoms with Crippen LogP contribution in [0.3, 0.4) is 0 Å². The Hall–Kier alpha value is -3.60. The summed E-state index contributed by atoms with van der Waals surface area (Å²) in [5.74, 6) is 0.551. The molecule has 5 heteroatoms. The third-order valence-electron chi connectivity index (χ3n) is 5.02. The zero-order valence-electron chi connectivity index (χ0n) is 16.4. The van der Waals surface area contributed by atoms with E-state index < -0.39 is 0 Å². The van der Waals surface area contributed by atoms with Crippen molar-refractivity contribution in [3.05, 3.63) is 89.7 Å². The van der Waals surface area contributed by atoms with E-state index >= 15 is 0 Å². The third kappa shape index (κ3) is 4.46. The van der Waals surface area contributed by atoms with Crippen molar-refractivity contribution >= 4 is 28.3 Å². The van der Waals surface area contributed by atoms with E-state index in [-0.39, 0.29) is 5.91 Å². The van der Waals surface area contributed by atoms with Gasteiger partial charge in [0.15, 0.2) is 0 Å². The Bertz CT molecular complexity index is 1120. The van der Waals surface area contributed by atoms with Gasteiger partial charge >= 0.3 is 0 Å². The molecule has 146 valence electrons. The second kappa shape index (κ2) is 8.61. The molecule has 3 N–H and O–H groups in total. The van der Waals surface area contributed by atoms with Crippen molar-refractivity contribution in [1.82, 2.24) is 9.97 Å². The van der Waals surface area contributed by atoms with Crippen LogP contribution in [0, 0.1) is 0 Å². The first-order chi connectivity index (χ1) is 14.2. The molecule has 0 saturated heterocycles. The number of pyridine rings is 1. The van der Waals surface area contributed by atoms with Crippen molar-refractivity contribution in [3.63, 3.8) is 0 Å². The Balaban J connectivity index is 1.37. The van der Waals surface area contributed by atoms with E-state index in [0.29, 0.717) is 11.4 Å². The fourth-order valence-electron chi connectivity index (χ4n) is 3.36. The lowest BCUT2D eigenvalue weighted by atomic mass is 10.1. The molecule has 4 aromatic rings. The van der Waals surface area contributed by atoms with Gasteiger partial charge in [-0.2, -0.15) is 0 Å². The van der Waals surface area contributed by atoms with E-state index in [1.807, 2.05) is 42.6 Å². The molecule has 0 aliphatic carbocycles. The van der Waals surface area contributed by atoms with E-state index in [0.717, 1.165) is 30.6 Å². The number of nitrogens with zero attached hydrogens (tertiary/aromatic N) is 1. The maximum absolute atomic E-state index is 12.6. The molecular weight excluding hydrogens is 360 g/mol. The molecule has 0 fully saturated rings. The van der Waals surface area contributed by atoms with Gasteiger partial charge in [-0.05, 0) is 54.3 Å². The predicted octanol–water partition coefficient (Wildman–Crippen LogP) is 5.03. The fourth-order valence-corrected chi connectivity index (χ4v) is 3.36. The summed E-state index contributed by atoms with van der Waals surface area (Å²) in [7, 11) is 0. The molecular formula is C24H24N4O. The van der Waals surface area contributed by atoms with Crippen molar-refractivity contribution in [2.24, 2.45) is 0 Å². The highest BCUT2D eigenvalue weighted by Crippen LogP contribution is 2.18. The molecule has 0 saturated carbocycles. The summed E-state index contributed by atoms with van der Waals surface area (Å²) in [5.41, 5.74) is 5.02. The number of fused-ring (bicyclic) bond motifs is 1. The Morgan fingerprint density at radius 2 is 1.90 bits per heavy atom. The summed E-state index contributed by atoms with van der Waals surface area (Å²) < 4.78 is 0. The first-order valence-corrected chi connectivity index (χ1v) is 9.88. The van der Waals surface area contributed by atoms with Crippen LogP contribution in [0.1, 0.15) is 28.4 Å². The number of carbonyl (C=O) groups is 1. The number of aromatic amines is 1. The van der Waals surface area contributed by atoms with E-state index in [9.17, 15) is 4.79 Å². The number of H-pyrrole nitrogens is 1. The maximum atomic E-state index is 12.6. The van der Waals surface area contributed by atoms with Crippen molar-refractivity contribution in [3.8, 4) is 0 Å². The zero-order chi connectivity index (χ0) is 20.1. The number of benzene rings is 2. The van der Waals surface area contributed by atoms with Crippen LogP contribution in [0.2, 0.25) is 0 Å². The van der Waals surface area contributed by atoms with Crippen molar-refractivity contribution < 1.29 is 4.79 Å². The van der Waals surface area contributed by atoms with E-state index in [4.69, 9.17) is 0 Å². The van der Waals surface area contributed by atoms with Gasteiger partial charge in [0.1, 0.15) is 5.82 Å². The molecule has 0 spiro atoms. The van der Waals surface area contributed by atoms with E-state index in [1.54, 1.807) is 18.3 Å². The molecule has 2 aromatic carbocycles. The summed E-state index contributed by atoms with van der Waals surface area (Å²) in [4.78, 5) is 20.2. The van der Waals surface area contributed by atoms with Gasteiger partial charge in [-0.25, -0.2) is 4.98 Å². The number of aryl methyl sites for hydroxylation is 1. The van der Waals surface area contributed by atoms with Gasteiger partial charge < -0.3 is 15.6 Å². The zero-order valence-corrected chi connectivity index (χ0v) is 16.4. The average molecular weight is 384 g/mol. The molecule has 1 amide bonds. The predicted molar refractivity (Wildman–Crippen MR) is 119 cm³/mol. The first kappa shape index (κ1) is 18.7. The van der Waals surface area contributed by atoms with Gasteiger partial charge in [0.25, 0.3) is 5.91 Å². The highest BCUT2D eigenvalue weighted by Gasteiger charge is 2.08. The lowest BCUT2D eigenvalue weighted by Gasteiger charge is -2.09. The summed E-state index contributed by atoms with van der Waals surface area (Å²) in [6.45, 7) is 2.84. The molecule has 0 aliphatic rings. The van der Waals surface area contributed by atoms with Gasteiger partial charge in [-0.3, -0.25) is 4.79 Å². The minimum absolute atomic E-state index is 0.142. The quantitative estimate of drug-likeness (QED) is 0.418. The van der Waals surface area contributed by atoms with Gasteiger partial charge in [0, 0.05) is 41.1 Å². The number of carbonyl (C=O) groups excluding carboxylic acids is 1. The van der Waals surface area contributed by atoms with Gasteiger partial charge in [-0.1, -0.05) is 37.3 Å². The van der Waals surface area contributed by atoms with Crippen LogP contribution in [-0.2, 0) is 12.8 Å². The van der Waals surface area contributed by atoms with Crippen molar-refractivity contribution in [1.29, 1.82) is 0 Å². The summed E-state index contributed by atoms with van der Waals surface area (Å²) in [6.07, 6.45) is 5.55. The Kier molecular flexibility index (Phi) is 5.56. The van der Waals surface area contributed by atoms with Crippen LogP contribution >= 0.6 is 0 Å². The molecule has 5 nitrogen and oxygen atoms in total. The monoisotopic (exact) mass is 384 g/mol. The molecule has 29 heavy (non-hydrogen) atoms. The molecule has 0 bridgehead atoms. The third-order valence-corrected chi connectivity index (χ3v) is 5.02. The molecule has 4 rings (SSSR count). The number of anilines is 2. The van der Waals surface area contributed by atoms with Crippen LogP contribution in [0.15, 0.2) is 73.1 Å². The van der Waals surface area contributed by atoms with Crippen LogP contribution in [0.5, 0.6) is 0 Å². The number of para-hydroxylation sites is 1. The number of rotatable bonds is 7. The molecule has 0 unspecified atom stereocenters. The Labute approximate surface area is 170 Å². The fraction of sp³-hybridized carbons (Fsp3) is 0.167. The number of nitrogens with one attached hydrogen (secondary N) is 3. The molecule has 2 heterocycles. The van der Waals surface area contributed by atoms with Gasteiger partial charge in [0.05, 0.1) is 0 Å². The molecule has 0 radical (unpaired) electrons. The maximum Gasteiger partial charge on any atom is 0.255 e. The minimum Gasteiger partial charge on any atom is -0.370 e. The largest absolute Gasteiger partial charge is 0.370 e. The highest BCUT2D eigenvalue weighted by molar-refractivity contribution is 6.04. The normalized spacial score (nSPS) is 10.8. The first-order valence-electron chi connectivity index (χ1n) is 9.88. The van der Waals surface area contributed by atoms with Crippen molar-refractivity contribution in [2.75, 3.05) is 17.2 Å². The summed E-state index contributed by atoms with van der Waals surface area (Å²) in [5, 5.41) is 7.49. The minimum atomic E-state index is -0.142. The molecule has 0 atom stereocenters. The lowest BCUT2D eigenvalue weighted by molar-refractivity contribution is 0.102. The SMILES string of the molecule is CCc1ccc(NC(=O)c2ccnc(NCCc3c[nH]c4ccccc34)c2)cc1. The second-order valence-electron chi connectivity index (χ2n) is 6.97. The topological polar surface area (TPSA) is 69.8 Å². The van der Waals surface area contributed by atoms with Crippen LogP contribution in [0.4, 0.5) is 11.5 Å². The van der Waals surface area contributed by atoms with Crippen LogP contribution < -0.4 is 10.6 Å². The van der Waals surface area contributed by atoms with E-state index in [1.165, 1.54) is 16.5 Å². The Morgan fingerprint density at radius 1 is 1.07 bits per heavy atom. The van der Waals surface area contributed by atoms with Crippen molar-refractivity contribution in [2.45, 2.75) is 19.8 Å². The number of aromatic nitrogens is 2. The lowest BCUT2D eigenvalue weighted by Crippen LogP contribution is -2.13. The molecule has 2 aromatic heterocycles. The summed E-state index contributed by atoms with van der Waals surface area (Å²) >= 11 is 0. The van der Waals surface area contributed by atoms with E-state index in [2.05, 4.69) is 39.7 Å².